The molecule has 0 spiro atoms. The molecule has 0 rings (SSSR count). The molecular weight excluding hydrogens is 101 g/mol. The van der Waals surface area contributed by atoms with Crippen LogP contribution in [0, 0.1) is 5.16 Å². The number of hydrogen-bond donors (Lipinski definition) is 2. The van der Waals surface area contributed by atoms with Crippen LogP contribution in [0.2, 0.25) is 0 Å². The smallest absolute Gasteiger partial charge is 0.300 e. The van der Waals surface area contributed by atoms with Crippen LogP contribution in [0.15, 0.2) is 0 Å². The molecule has 0 aliphatic rings. The maximum atomic E-state index is 9.00. The van der Waals surface area contributed by atoms with Gasteiger partial charge in [0.05, 0.1) is 0 Å². The van der Waals surface area contributed by atoms with Gasteiger partial charge in [0.15, 0.2) is 0 Å². The van der Waals surface area contributed by atoms with Gasteiger partial charge in [-0.1, -0.05) is 0 Å². The molecule has 3 nitrogen and oxygen atoms in total. The SMILES string of the molecule is CC(=O)O.N=P. The lowest BCUT2D eigenvalue weighted by molar-refractivity contribution is -0.134. The number of aliphatic carboxylic acids is 1. The summed E-state index contributed by atoms with van der Waals surface area (Å²) < 4.78 is 0. The summed E-state index contributed by atoms with van der Waals surface area (Å²) in [6.45, 7) is 1.08. The van der Waals surface area contributed by atoms with Crippen molar-refractivity contribution in [3.8, 4) is 0 Å². The molecule has 0 heterocycles. The first-order valence-electron chi connectivity index (χ1n) is 1.18. The van der Waals surface area contributed by atoms with E-state index in [4.69, 9.17) is 15.1 Å². The summed E-state index contributed by atoms with van der Waals surface area (Å²) in [4.78, 5) is 9.00. The number of carboxylic acid groups (broad SMARTS) is 1. The molecule has 0 saturated heterocycles. The molecule has 6 heavy (non-hydrogen) atoms. The number of hydrogen-bond acceptors (Lipinski definition) is 2. The molecule has 2 N–H and O–H groups in total. The maximum absolute atomic E-state index is 9.00. The van der Waals surface area contributed by atoms with Gasteiger partial charge in [0.2, 0.25) is 0 Å². The molecule has 0 aromatic carbocycles. The molecule has 0 fully saturated rings. The predicted octanol–water partition coefficient (Wildman–Crippen LogP) is 0.982. The van der Waals surface area contributed by atoms with Crippen LogP contribution in [0.25, 0.3) is 0 Å². The zero-order valence-corrected chi connectivity index (χ0v) is 4.36. The van der Waals surface area contributed by atoms with Gasteiger partial charge in [-0.2, -0.15) is 0 Å². The topological polar surface area (TPSA) is 61.1 Å². The maximum Gasteiger partial charge on any atom is 0.300 e. The molecule has 0 bridgehead atoms. The summed E-state index contributed by atoms with van der Waals surface area (Å²) >= 11 is 0. The average molecular weight is 107 g/mol. The van der Waals surface area contributed by atoms with Crippen LogP contribution in [0.1, 0.15) is 6.92 Å². The molecule has 0 aliphatic carbocycles. The van der Waals surface area contributed by atoms with E-state index in [9.17, 15) is 0 Å². The number of rotatable bonds is 0. The minimum atomic E-state index is -0.833. The highest BCUT2D eigenvalue weighted by Crippen LogP contribution is 1.42. The second kappa shape index (κ2) is 8.82. The van der Waals surface area contributed by atoms with E-state index in [0.29, 0.717) is 0 Å². The van der Waals surface area contributed by atoms with Gasteiger partial charge >= 0.3 is 0 Å². The highest BCUT2D eigenvalue weighted by Gasteiger charge is 1.65. The van der Waals surface area contributed by atoms with Crippen LogP contribution in [-0.4, -0.2) is 11.1 Å². The number of carbonyl (C=O) groups is 1. The van der Waals surface area contributed by atoms with E-state index in [-0.39, 0.29) is 0 Å². The zero-order chi connectivity index (χ0) is 5.58. The third-order valence-electron chi connectivity index (χ3n) is 0. The number of nitrogens with one attached hydrogen (secondary N) is 1. The fraction of sp³-hybridized carbons (Fsp3) is 0.500. The monoisotopic (exact) mass is 107 g/mol. The van der Waals surface area contributed by atoms with E-state index < -0.39 is 5.97 Å². The van der Waals surface area contributed by atoms with E-state index >= 15 is 0 Å². The first-order valence-corrected chi connectivity index (χ1v) is 1.68. The Bertz CT molecular complexity index is 42.8. The van der Waals surface area contributed by atoms with Crippen molar-refractivity contribution < 1.29 is 9.90 Å². The Labute approximate surface area is 38.1 Å². The van der Waals surface area contributed by atoms with E-state index in [1.54, 1.807) is 0 Å². The third-order valence-corrected chi connectivity index (χ3v) is 0. The van der Waals surface area contributed by atoms with Crippen LogP contribution in [0.3, 0.4) is 0 Å². The second-order valence-electron chi connectivity index (χ2n) is 0.519. The van der Waals surface area contributed by atoms with Crippen molar-refractivity contribution in [2.45, 2.75) is 6.92 Å². The van der Waals surface area contributed by atoms with Crippen molar-refractivity contribution in [1.82, 2.24) is 0 Å². The molecule has 0 aromatic rings. The fourth-order valence-corrected chi connectivity index (χ4v) is 0. The molecule has 0 unspecified atom stereocenters. The molecular formula is C2H6NO2P. The van der Waals surface area contributed by atoms with Gasteiger partial charge in [0, 0.05) is 6.92 Å². The van der Waals surface area contributed by atoms with Gasteiger partial charge in [0.1, 0.15) is 0 Å². The van der Waals surface area contributed by atoms with Crippen LogP contribution < -0.4 is 0 Å². The molecule has 0 amide bonds. The Morgan fingerprint density at radius 1 is 1.83 bits per heavy atom. The molecule has 0 aliphatic heterocycles. The molecule has 4 heteroatoms. The van der Waals surface area contributed by atoms with Gasteiger partial charge < -0.3 is 5.11 Å². The molecule has 0 aromatic heterocycles. The highest BCUT2D eigenvalue weighted by atomic mass is 31.0. The average Bonchev–Trinajstić information content (AvgIpc) is 1.41. The van der Waals surface area contributed by atoms with Crippen LogP contribution in [0.4, 0.5) is 0 Å². The predicted molar refractivity (Wildman–Crippen MR) is 24.3 cm³/mol. The van der Waals surface area contributed by atoms with Crippen molar-refractivity contribution in [2.75, 3.05) is 0 Å². The normalized spacial score (nSPS) is 4.83. The first kappa shape index (κ1) is 9.13. The van der Waals surface area contributed by atoms with Gasteiger partial charge in [-0.3, -0.25) is 9.96 Å². The summed E-state index contributed by atoms with van der Waals surface area (Å²) in [7, 11) is 2.22. The summed E-state index contributed by atoms with van der Waals surface area (Å²) in [5, 5.41) is 13.0. The van der Waals surface area contributed by atoms with E-state index in [0.717, 1.165) is 6.92 Å². The second-order valence-corrected chi connectivity index (χ2v) is 0.519. The summed E-state index contributed by atoms with van der Waals surface area (Å²) in [5.41, 5.74) is 0. The van der Waals surface area contributed by atoms with Crippen molar-refractivity contribution in [1.29, 1.82) is 5.16 Å². The zero-order valence-electron chi connectivity index (χ0n) is 3.36. The van der Waals surface area contributed by atoms with Crippen LogP contribution in [0.5, 0.6) is 0 Å². The minimum Gasteiger partial charge on any atom is -0.481 e. The van der Waals surface area contributed by atoms with Crippen LogP contribution in [-0.2, 0) is 4.79 Å². The molecule has 0 radical (unpaired) electrons. The molecule has 0 atom stereocenters. The van der Waals surface area contributed by atoms with Crippen molar-refractivity contribution in [2.24, 2.45) is 0 Å². The van der Waals surface area contributed by atoms with E-state index in [2.05, 4.69) is 9.03 Å². The molecule has 36 valence electrons. The lowest BCUT2D eigenvalue weighted by Gasteiger charge is -1.59. The van der Waals surface area contributed by atoms with Crippen molar-refractivity contribution in [3.05, 3.63) is 0 Å². The first-order chi connectivity index (χ1) is 2.73. The van der Waals surface area contributed by atoms with Crippen molar-refractivity contribution >= 4 is 15.0 Å². The largest absolute Gasteiger partial charge is 0.481 e. The van der Waals surface area contributed by atoms with Gasteiger partial charge in [0.25, 0.3) is 5.97 Å². The third kappa shape index (κ3) is 128. The number of carboxylic acids is 1. The lowest BCUT2D eigenvalue weighted by Crippen LogP contribution is -1.78. The summed E-state index contributed by atoms with van der Waals surface area (Å²) in [6.07, 6.45) is 0. The van der Waals surface area contributed by atoms with Crippen LogP contribution >= 0.6 is 9.03 Å². The Balaban J connectivity index is 0. The Hall–Kier alpha value is -0.430. The lowest BCUT2D eigenvalue weighted by atomic mass is 10.9. The Morgan fingerprint density at radius 2 is 1.83 bits per heavy atom. The van der Waals surface area contributed by atoms with E-state index in [1.165, 1.54) is 0 Å². The summed E-state index contributed by atoms with van der Waals surface area (Å²) in [6, 6.07) is 0. The Morgan fingerprint density at radius 3 is 1.83 bits per heavy atom. The summed E-state index contributed by atoms with van der Waals surface area (Å²) in [5.74, 6) is -0.833. The van der Waals surface area contributed by atoms with E-state index in [1.807, 2.05) is 0 Å². The quantitative estimate of drug-likeness (QED) is 0.453. The highest BCUT2D eigenvalue weighted by molar-refractivity contribution is 7.02. The van der Waals surface area contributed by atoms with Crippen molar-refractivity contribution in [3.63, 3.8) is 0 Å². The minimum absolute atomic E-state index is 0.833. The van der Waals surface area contributed by atoms with Gasteiger partial charge in [-0.25, -0.2) is 0 Å². The van der Waals surface area contributed by atoms with Gasteiger partial charge in [-0.15, -0.1) is 0 Å². The molecule has 0 saturated carbocycles. The Kier molecular flexibility index (Phi) is 13.4. The van der Waals surface area contributed by atoms with Gasteiger partial charge in [-0.05, 0) is 9.03 Å². The standard InChI is InChI=1S/C2H4O2.H2NP/c1-2(3)4;1-2/h1H3,(H,3,4);1-2H. The fourth-order valence-electron chi connectivity index (χ4n) is 0.